The molecule has 0 atom stereocenters. The standard InChI is InChI=1S/C18H26N6O4/c1-23(17(25)18(12-19)4-6-28-7-5-18)11-16-20-21-22-24(16)13-8-14(26-2)10-15(9-13)27-3/h8-10H,4-7,11-12,19H2,1-3H3. The predicted molar refractivity (Wildman–Crippen MR) is 100 cm³/mol. The van der Waals surface area contributed by atoms with Crippen molar-refractivity contribution in [2.75, 3.05) is 41.0 Å². The Balaban J connectivity index is 1.83. The van der Waals surface area contributed by atoms with Crippen molar-refractivity contribution in [3.8, 4) is 17.2 Å². The minimum absolute atomic E-state index is 0.0175. The highest BCUT2D eigenvalue weighted by atomic mass is 16.5. The fourth-order valence-electron chi connectivity index (χ4n) is 3.38. The van der Waals surface area contributed by atoms with E-state index < -0.39 is 5.41 Å². The van der Waals surface area contributed by atoms with Gasteiger partial charge in [-0.05, 0) is 23.3 Å². The minimum atomic E-state index is -0.593. The number of carbonyl (C=O) groups is 1. The molecule has 1 aromatic carbocycles. The number of nitrogens with two attached hydrogens (primary N) is 1. The van der Waals surface area contributed by atoms with E-state index in [0.29, 0.717) is 49.1 Å². The van der Waals surface area contributed by atoms with Crippen LogP contribution in [0, 0.1) is 5.41 Å². The van der Waals surface area contributed by atoms with Crippen LogP contribution in [0.4, 0.5) is 0 Å². The Morgan fingerprint density at radius 3 is 2.46 bits per heavy atom. The van der Waals surface area contributed by atoms with Crippen molar-refractivity contribution in [2.24, 2.45) is 11.1 Å². The van der Waals surface area contributed by atoms with E-state index in [0.717, 1.165) is 0 Å². The summed E-state index contributed by atoms with van der Waals surface area (Å²) >= 11 is 0. The van der Waals surface area contributed by atoms with Crippen LogP contribution in [-0.4, -0.2) is 72.0 Å². The van der Waals surface area contributed by atoms with Crippen LogP contribution in [0.3, 0.4) is 0 Å². The molecule has 2 heterocycles. The minimum Gasteiger partial charge on any atom is -0.497 e. The molecule has 0 saturated carbocycles. The van der Waals surface area contributed by atoms with Crippen LogP contribution >= 0.6 is 0 Å². The number of hydrogen-bond acceptors (Lipinski definition) is 8. The van der Waals surface area contributed by atoms with Gasteiger partial charge in [-0.15, -0.1) is 5.10 Å². The first-order valence-corrected chi connectivity index (χ1v) is 9.07. The highest BCUT2D eigenvalue weighted by molar-refractivity contribution is 5.82. The summed E-state index contributed by atoms with van der Waals surface area (Å²) in [4.78, 5) is 14.7. The fraction of sp³-hybridized carbons (Fsp3) is 0.556. The van der Waals surface area contributed by atoms with Crippen molar-refractivity contribution >= 4 is 5.91 Å². The topological polar surface area (TPSA) is 118 Å². The molecule has 28 heavy (non-hydrogen) atoms. The monoisotopic (exact) mass is 390 g/mol. The average molecular weight is 390 g/mol. The van der Waals surface area contributed by atoms with Gasteiger partial charge in [0.05, 0.1) is 31.9 Å². The van der Waals surface area contributed by atoms with Gasteiger partial charge in [0.1, 0.15) is 11.5 Å². The molecule has 10 nitrogen and oxygen atoms in total. The van der Waals surface area contributed by atoms with E-state index in [1.807, 2.05) is 0 Å². The normalized spacial score (nSPS) is 15.9. The first-order chi connectivity index (χ1) is 13.5. The third-order valence-corrected chi connectivity index (χ3v) is 5.13. The van der Waals surface area contributed by atoms with Crippen LogP contribution < -0.4 is 15.2 Å². The summed E-state index contributed by atoms with van der Waals surface area (Å²) in [6.45, 7) is 1.61. The molecule has 2 aromatic rings. The van der Waals surface area contributed by atoms with Crippen molar-refractivity contribution in [2.45, 2.75) is 19.4 Å². The van der Waals surface area contributed by atoms with Gasteiger partial charge in [0.25, 0.3) is 0 Å². The number of ether oxygens (including phenoxy) is 3. The van der Waals surface area contributed by atoms with Crippen LogP contribution in [0.2, 0.25) is 0 Å². The molecule has 1 saturated heterocycles. The number of carbonyl (C=O) groups excluding carboxylic acids is 1. The zero-order valence-corrected chi connectivity index (χ0v) is 16.4. The molecular weight excluding hydrogens is 364 g/mol. The summed E-state index contributed by atoms with van der Waals surface area (Å²) in [5, 5.41) is 11.9. The Morgan fingerprint density at radius 1 is 1.25 bits per heavy atom. The Hall–Kier alpha value is -2.72. The summed E-state index contributed by atoms with van der Waals surface area (Å²) in [5.74, 6) is 1.73. The van der Waals surface area contributed by atoms with Crippen molar-refractivity contribution in [3.05, 3.63) is 24.0 Å². The van der Waals surface area contributed by atoms with Crippen molar-refractivity contribution in [3.63, 3.8) is 0 Å². The second kappa shape index (κ2) is 8.53. The lowest BCUT2D eigenvalue weighted by molar-refractivity contribution is -0.146. The Kier molecular flexibility index (Phi) is 6.10. The molecule has 2 N–H and O–H groups in total. The summed E-state index contributed by atoms with van der Waals surface area (Å²) in [7, 11) is 4.89. The van der Waals surface area contributed by atoms with Gasteiger partial charge in [-0.3, -0.25) is 4.79 Å². The molecule has 152 valence electrons. The van der Waals surface area contributed by atoms with Crippen LogP contribution in [0.5, 0.6) is 11.5 Å². The summed E-state index contributed by atoms with van der Waals surface area (Å²) in [5.41, 5.74) is 6.04. The Morgan fingerprint density at radius 2 is 1.89 bits per heavy atom. The van der Waals surface area contributed by atoms with Gasteiger partial charge in [0.2, 0.25) is 5.91 Å². The lowest BCUT2D eigenvalue weighted by Gasteiger charge is -2.37. The molecule has 0 unspecified atom stereocenters. The van der Waals surface area contributed by atoms with E-state index in [-0.39, 0.29) is 19.0 Å². The summed E-state index contributed by atoms with van der Waals surface area (Å²) in [6.07, 6.45) is 1.23. The van der Waals surface area contributed by atoms with E-state index in [2.05, 4.69) is 15.5 Å². The quantitative estimate of drug-likeness (QED) is 0.722. The first-order valence-electron chi connectivity index (χ1n) is 9.07. The number of rotatable bonds is 7. The largest absolute Gasteiger partial charge is 0.497 e. The molecular formula is C18H26N6O4. The van der Waals surface area contributed by atoms with Gasteiger partial charge in [0, 0.05) is 45.0 Å². The van der Waals surface area contributed by atoms with Gasteiger partial charge in [-0.25, -0.2) is 0 Å². The summed E-state index contributed by atoms with van der Waals surface area (Å²) < 4.78 is 17.6. The molecule has 1 fully saturated rings. The zero-order chi connectivity index (χ0) is 20.1. The summed E-state index contributed by atoms with van der Waals surface area (Å²) in [6, 6.07) is 5.35. The van der Waals surface area contributed by atoms with Crippen molar-refractivity contribution in [1.82, 2.24) is 25.1 Å². The predicted octanol–water partition coefficient (Wildman–Crippen LogP) is 0.393. The number of aromatic nitrogens is 4. The fourth-order valence-corrected chi connectivity index (χ4v) is 3.38. The molecule has 1 aliphatic rings. The van der Waals surface area contributed by atoms with E-state index in [1.54, 1.807) is 49.0 Å². The van der Waals surface area contributed by atoms with Crippen LogP contribution in [0.25, 0.3) is 5.69 Å². The highest BCUT2D eigenvalue weighted by Crippen LogP contribution is 2.32. The molecule has 0 bridgehead atoms. The number of methoxy groups -OCH3 is 2. The molecule has 1 amide bonds. The van der Waals surface area contributed by atoms with E-state index in [1.165, 1.54) is 0 Å². The van der Waals surface area contributed by atoms with E-state index in [9.17, 15) is 4.79 Å². The first kappa shape index (κ1) is 20.0. The number of nitrogens with zero attached hydrogens (tertiary/aromatic N) is 5. The van der Waals surface area contributed by atoms with Gasteiger partial charge in [0.15, 0.2) is 5.82 Å². The van der Waals surface area contributed by atoms with Gasteiger partial charge in [-0.1, -0.05) is 0 Å². The van der Waals surface area contributed by atoms with Gasteiger partial charge < -0.3 is 24.8 Å². The Bertz CT molecular complexity index is 796. The van der Waals surface area contributed by atoms with Gasteiger partial charge in [-0.2, -0.15) is 4.68 Å². The van der Waals surface area contributed by atoms with E-state index in [4.69, 9.17) is 19.9 Å². The maximum Gasteiger partial charge on any atom is 0.230 e. The van der Waals surface area contributed by atoms with Crippen LogP contribution in [0.15, 0.2) is 18.2 Å². The highest BCUT2D eigenvalue weighted by Gasteiger charge is 2.40. The third-order valence-electron chi connectivity index (χ3n) is 5.13. The smallest absolute Gasteiger partial charge is 0.230 e. The molecule has 1 aliphatic heterocycles. The SMILES string of the molecule is COc1cc(OC)cc(-n2nnnc2CN(C)C(=O)C2(CN)CCOCC2)c1. The molecule has 0 spiro atoms. The van der Waals surface area contributed by atoms with E-state index >= 15 is 0 Å². The zero-order valence-electron chi connectivity index (χ0n) is 16.4. The second-order valence-corrected chi connectivity index (χ2v) is 6.84. The molecule has 0 radical (unpaired) electrons. The lowest BCUT2D eigenvalue weighted by Crippen LogP contribution is -2.49. The second-order valence-electron chi connectivity index (χ2n) is 6.84. The maximum absolute atomic E-state index is 13.1. The molecule has 3 rings (SSSR count). The third kappa shape index (κ3) is 3.92. The molecule has 0 aliphatic carbocycles. The Labute approximate surface area is 163 Å². The number of amides is 1. The average Bonchev–Trinajstić information content (AvgIpc) is 3.21. The number of tetrazole rings is 1. The molecule has 1 aromatic heterocycles. The van der Waals surface area contributed by atoms with Crippen molar-refractivity contribution < 1.29 is 19.0 Å². The van der Waals surface area contributed by atoms with Gasteiger partial charge >= 0.3 is 0 Å². The number of hydrogen-bond donors (Lipinski definition) is 1. The van der Waals surface area contributed by atoms with Crippen LogP contribution in [-0.2, 0) is 16.1 Å². The van der Waals surface area contributed by atoms with Crippen LogP contribution in [0.1, 0.15) is 18.7 Å². The van der Waals surface area contributed by atoms with Crippen molar-refractivity contribution in [1.29, 1.82) is 0 Å². The number of benzene rings is 1. The lowest BCUT2D eigenvalue weighted by atomic mass is 9.79. The molecule has 10 heteroatoms. The maximum atomic E-state index is 13.1.